The third-order valence-corrected chi connectivity index (χ3v) is 4.41. The molecule has 1 N–H and O–H groups in total. The number of carboxylic acids is 1. The van der Waals surface area contributed by atoms with Crippen LogP contribution in [0, 0.1) is 5.92 Å². The summed E-state index contributed by atoms with van der Waals surface area (Å²) in [5.74, 6) is -1.83. The largest absolute Gasteiger partial charge is 0.481 e. The summed E-state index contributed by atoms with van der Waals surface area (Å²) in [5.41, 5.74) is -0.0618. The van der Waals surface area contributed by atoms with E-state index in [-0.39, 0.29) is 24.8 Å². The predicted octanol–water partition coefficient (Wildman–Crippen LogP) is 3.52. The smallest absolute Gasteiger partial charge is 0.416 e. The molecule has 0 radical (unpaired) electrons. The van der Waals surface area contributed by atoms with E-state index in [1.165, 1.54) is 12.1 Å². The third-order valence-electron chi connectivity index (χ3n) is 4.41. The molecule has 0 aromatic heterocycles. The number of aliphatic carboxylic acids is 1. The van der Waals surface area contributed by atoms with Crippen molar-refractivity contribution in [2.75, 3.05) is 13.1 Å². The number of alkyl halides is 3. The molecule has 1 fully saturated rings. The van der Waals surface area contributed by atoms with E-state index in [4.69, 9.17) is 5.11 Å². The van der Waals surface area contributed by atoms with Gasteiger partial charge in [-0.15, -0.1) is 0 Å². The zero-order chi connectivity index (χ0) is 17.9. The fourth-order valence-corrected chi connectivity index (χ4v) is 2.91. The van der Waals surface area contributed by atoms with Crippen molar-refractivity contribution in [2.24, 2.45) is 5.92 Å². The maximum atomic E-state index is 12.6. The summed E-state index contributed by atoms with van der Waals surface area (Å²) in [7, 11) is 0. The summed E-state index contributed by atoms with van der Waals surface area (Å²) in [5, 5.41) is 9.06. The Morgan fingerprint density at radius 3 is 2.46 bits per heavy atom. The lowest BCUT2D eigenvalue weighted by molar-refractivity contribution is -0.145. The van der Waals surface area contributed by atoms with Crippen LogP contribution in [0.3, 0.4) is 0 Å². The molecule has 2 atom stereocenters. The number of hydrogen-bond donors (Lipinski definition) is 1. The van der Waals surface area contributed by atoms with Gasteiger partial charge in [0.1, 0.15) is 0 Å². The van der Waals surface area contributed by atoms with Crippen LogP contribution in [0.1, 0.15) is 43.2 Å². The highest BCUT2D eigenvalue weighted by Crippen LogP contribution is 2.31. The predicted molar refractivity (Wildman–Crippen MR) is 81.4 cm³/mol. The summed E-state index contributed by atoms with van der Waals surface area (Å²) in [6.07, 6.45) is -3.01. The molecule has 2 unspecified atom stereocenters. The number of rotatable bonds is 4. The average molecular weight is 343 g/mol. The SMILES string of the molecule is CC(CC(=O)N1CCCC(C(=O)O)C1)c1ccc(C(F)(F)F)cc1. The number of likely N-dealkylation sites (tertiary alicyclic amines) is 1. The first-order chi connectivity index (χ1) is 11.2. The number of carboxylic acid groups (broad SMARTS) is 1. The van der Waals surface area contributed by atoms with Crippen molar-refractivity contribution in [3.8, 4) is 0 Å². The van der Waals surface area contributed by atoms with Crippen molar-refractivity contribution in [2.45, 2.75) is 38.3 Å². The Hall–Kier alpha value is -2.05. The lowest BCUT2D eigenvalue weighted by atomic mass is 9.94. The highest BCUT2D eigenvalue weighted by molar-refractivity contribution is 5.78. The van der Waals surface area contributed by atoms with Crippen LogP contribution in [0.25, 0.3) is 0 Å². The van der Waals surface area contributed by atoms with Gasteiger partial charge in [-0.25, -0.2) is 0 Å². The molecule has 4 nitrogen and oxygen atoms in total. The maximum Gasteiger partial charge on any atom is 0.416 e. The second-order valence-electron chi connectivity index (χ2n) is 6.24. The lowest BCUT2D eigenvalue weighted by Crippen LogP contribution is -2.42. The van der Waals surface area contributed by atoms with Gasteiger partial charge in [0, 0.05) is 19.5 Å². The highest BCUT2D eigenvalue weighted by Gasteiger charge is 2.31. The summed E-state index contributed by atoms with van der Waals surface area (Å²) >= 11 is 0. The van der Waals surface area contributed by atoms with Crippen molar-refractivity contribution < 1.29 is 27.9 Å². The molecule has 7 heteroatoms. The molecule has 0 saturated carbocycles. The van der Waals surface area contributed by atoms with Crippen LogP contribution >= 0.6 is 0 Å². The number of amides is 1. The molecule has 0 bridgehead atoms. The standard InChI is InChI=1S/C17H20F3NO3/c1-11(12-4-6-14(7-5-12)17(18,19)20)9-15(22)21-8-2-3-13(10-21)16(23)24/h4-7,11,13H,2-3,8-10H2,1H3,(H,23,24). The molecule has 2 rings (SSSR count). The fraction of sp³-hybridized carbons (Fsp3) is 0.529. The van der Waals surface area contributed by atoms with E-state index in [1.54, 1.807) is 11.8 Å². The number of hydrogen-bond acceptors (Lipinski definition) is 2. The molecule has 132 valence electrons. The first-order valence-electron chi connectivity index (χ1n) is 7.86. The summed E-state index contributed by atoms with van der Waals surface area (Å²) in [6, 6.07) is 4.80. The van der Waals surface area contributed by atoms with E-state index in [1.807, 2.05) is 0 Å². The molecule has 24 heavy (non-hydrogen) atoms. The molecule has 1 aromatic carbocycles. The van der Waals surface area contributed by atoms with Crippen molar-refractivity contribution in [1.29, 1.82) is 0 Å². The molecule has 1 saturated heterocycles. The normalized spacial score (nSPS) is 19.8. The van der Waals surface area contributed by atoms with Gasteiger partial charge in [-0.1, -0.05) is 19.1 Å². The number of benzene rings is 1. The molecule has 1 amide bonds. The summed E-state index contributed by atoms with van der Waals surface area (Å²) in [4.78, 5) is 24.9. The van der Waals surface area contributed by atoms with Gasteiger partial charge in [-0.05, 0) is 36.5 Å². The van der Waals surface area contributed by atoms with Crippen LogP contribution in [-0.4, -0.2) is 35.0 Å². The van der Waals surface area contributed by atoms with Crippen LogP contribution in [0.2, 0.25) is 0 Å². The van der Waals surface area contributed by atoms with Gasteiger partial charge in [0.2, 0.25) is 5.91 Å². The number of carbonyl (C=O) groups is 2. The molecule has 0 aliphatic carbocycles. The first-order valence-corrected chi connectivity index (χ1v) is 7.86. The van der Waals surface area contributed by atoms with E-state index in [0.717, 1.165) is 12.1 Å². The first kappa shape index (κ1) is 18.3. The van der Waals surface area contributed by atoms with Gasteiger partial charge < -0.3 is 10.0 Å². The van der Waals surface area contributed by atoms with Crippen molar-refractivity contribution in [3.05, 3.63) is 35.4 Å². The molecule has 1 aliphatic heterocycles. The van der Waals surface area contributed by atoms with Crippen molar-refractivity contribution in [1.82, 2.24) is 4.90 Å². The van der Waals surface area contributed by atoms with E-state index in [2.05, 4.69) is 0 Å². The number of piperidine rings is 1. The Labute approximate surface area is 138 Å². The van der Waals surface area contributed by atoms with Gasteiger partial charge >= 0.3 is 12.1 Å². The monoisotopic (exact) mass is 343 g/mol. The zero-order valence-corrected chi connectivity index (χ0v) is 13.3. The van der Waals surface area contributed by atoms with Gasteiger partial charge in [-0.2, -0.15) is 13.2 Å². The van der Waals surface area contributed by atoms with Crippen molar-refractivity contribution >= 4 is 11.9 Å². The van der Waals surface area contributed by atoms with Crippen LogP contribution in [0.4, 0.5) is 13.2 Å². The third kappa shape index (κ3) is 4.49. The van der Waals surface area contributed by atoms with Gasteiger partial charge in [0.05, 0.1) is 11.5 Å². The molecule has 0 spiro atoms. The number of carbonyl (C=O) groups excluding carboxylic acids is 1. The average Bonchev–Trinajstić information content (AvgIpc) is 2.54. The Kier molecular flexibility index (Phi) is 5.51. The van der Waals surface area contributed by atoms with E-state index >= 15 is 0 Å². The summed E-state index contributed by atoms with van der Waals surface area (Å²) < 4.78 is 37.7. The van der Waals surface area contributed by atoms with Gasteiger partial charge in [0.25, 0.3) is 0 Å². The minimum Gasteiger partial charge on any atom is -0.481 e. The summed E-state index contributed by atoms with van der Waals surface area (Å²) in [6.45, 7) is 2.51. The van der Waals surface area contributed by atoms with E-state index < -0.39 is 23.6 Å². The second kappa shape index (κ2) is 7.23. The van der Waals surface area contributed by atoms with E-state index in [0.29, 0.717) is 24.9 Å². The lowest BCUT2D eigenvalue weighted by Gasteiger charge is -2.31. The molecular formula is C17H20F3NO3. The topological polar surface area (TPSA) is 57.6 Å². The Bertz CT molecular complexity index is 598. The fourth-order valence-electron chi connectivity index (χ4n) is 2.91. The molecule has 1 heterocycles. The van der Waals surface area contributed by atoms with Crippen molar-refractivity contribution in [3.63, 3.8) is 0 Å². The van der Waals surface area contributed by atoms with Crippen LogP contribution in [0.5, 0.6) is 0 Å². The number of halogens is 3. The molecule has 1 aromatic rings. The molecule has 1 aliphatic rings. The second-order valence-corrected chi connectivity index (χ2v) is 6.24. The molecular weight excluding hydrogens is 323 g/mol. The number of nitrogens with zero attached hydrogens (tertiary/aromatic N) is 1. The highest BCUT2D eigenvalue weighted by atomic mass is 19.4. The van der Waals surface area contributed by atoms with Gasteiger partial charge in [-0.3, -0.25) is 9.59 Å². The van der Waals surface area contributed by atoms with Crippen LogP contribution in [0.15, 0.2) is 24.3 Å². The Balaban J connectivity index is 1.97. The Morgan fingerprint density at radius 2 is 1.92 bits per heavy atom. The maximum absolute atomic E-state index is 12.6. The zero-order valence-electron chi connectivity index (χ0n) is 13.3. The quantitative estimate of drug-likeness (QED) is 0.910. The van der Waals surface area contributed by atoms with Gasteiger partial charge in [0.15, 0.2) is 0 Å². The minimum absolute atomic E-state index is 0.150. The Morgan fingerprint density at radius 1 is 1.29 bits per heavy atom. The van der Waals surface area contributed by atoms with Crippen LogP contribution in [-0.2, 0) is 15.8 Å². The van der Waals surface area contributed by atoms with E-state index in [9.17, 15) is 22.8 Å². The van der Waals surface area contributed by atoms with Crippen LogP contribution < -0.4 is 0 Å². The minimum atomic E-state index is -4.38.